The molecule has 15 aromatic rings. The molecule has 0 aliphatic rings. The van der Waals surface area contributed by atoms with E-state index in [0.29, 0.717) is 5.56 Å². The first-order chi connectivity index (χ1) is 37.2. The van der Waals surface area contributed by atoms with Crippen LogP contribution in [0.1, 0.15) is 11.1 Å². The first-order valence-electron chi connectivity index (χ1n) is 25.3. The average molecular weight is 1000 g/mol. The van der Waals surface area contributed by atoms with E-state index in [4.69, 9.17) is 9.97 Å². The summed E-state index contributed by atoms with van der Waals surface area (Å²) in [5, 5.41) is 8.30. The summed E-state index contributed by atoms with van der Waals surface area (Å²) in [4.78, 5) is 13.8. The standard InChI is InChI=1S/C68H41F3N4S/c1-40-26-28-41(29-27-40)43-32-36-48-54(38-43)55-39-44(42-30-34-45(35-31-42)68(69,70)71)33-37-49(55)63-62(48)72-64-65(73-63)67(53-21-13-25-59-61(53)51-19-9-11-23-57(51)75(59)47-16-6-3-7-17-47)76-66(64)52-20-12-24-58-60(52)50-18-8-10-22-56(50)74(58)46-14-4-2-5-15-46/h2-39H,1H3. The summed E-state index contributed by atoms with van der Waals surface area (Å²) in [5.41, 5.74) is 16.0. The second-order valence-electron chi connectivity index (χ2n) is 19.6. The first kappa shape index (κ1) is 44.1. The molecule has 4 aromatic heterocycles. The zero-order valence-corrected chi connectivity index (χ0v) is 41.6. The van der Waals surface area contributed by atoms with Gasteiger partial charge in [-0.2, -0.15) is 13.2 Å². The monoisotopic (exact) mass is 1000 g/mol. The maximum Gasteiger partial charge on any atom is 0.416 e. The van der Waals surface area contributed by atoms with E-state index in [-0.39, 0.29) is 0 Å². The van der Waals surface area contributed by atoms with Crippen LogP contribution in [0, 0.1) is 6.92 Å². The van der Waals surface area contributed by atoms with Gasteiger partial charge in [0.05, 0.1) is 48.4 Å². The predicted molar refractivity (Wildman–Crippen MR) is 310 cm³/mol. The second-order valence-corrected chi connectivity index (χ2v) is 20.6. The Kier molecular flexibility index (Phi) is 9.78. The molecule has 0 saturated carbocycles. The fraction of sp³-hybridized carbons (Fsp3) is 0.0294. The Morgan fingerprint density at radius 2 is 0.763 bits per heavy atom. The maximum absolute atomic E-state index is 13.8. The highest BCUT2D eigenvalue weighted by Crippen LogP contribution is 2.51. The van der Waals surface area contributed by atoms with Gasteiger partial charge in [-0.05, 0) is 113 Å². The highest BCUT2D eigenvalue weighted by Gasteiger charge is 2.30. The number of aromatic nitrogens is 4. The number of benzene rings is 11. The van der Waals surface area contributed by atoms with Crippen LogP contribution in [0.3, 0.4) is 0 Å². The number of alkyl halides is 3. The second kappa shape index (κ2) is 16.8. The highest BCUT2D eigenvalue weighted by atomic mass is 32.1. The minimum absolute atomic E-state index is 0.681. The Morgan fingerprint density at radius 3 is 1.22 bits per heavy atom. The number of halogens is 3. The van der Waals surface area contributed by atoms with Crippen molar-refractivity contribution < 1.29 is 13.2 Å². The SMILES string of the molecule is Cc1ccc(-c2ccc3c(c2)c2cc(-c4ccc(C(F)(F)F)cc4)ccc2c2nc4c(-c5cccc6c5c5ccccc5n6-c5ccccc5)sc(-c5cccc6c5c5ccccc5n6-c5ccccc5)c4nc32)cc1. The number of para-hydroxylation sites is 4. The molecule has 4 heterocycles. The zero-order valence-electron chi connectivity index (χ0n) is 40.8. The number of fused-ring (bicyclic) bond motifs is 13. The van der Waals surface area contributed by atoms with Crippen molar-refractivity contribution in [3.8, 4) is 54.5 Å². The molecule has 8 heteroatoms. The summed E-state index contributed by atoms with van der Waals surface area (Å²) in [5.74, 6) is 0. The van der Waals surface area contributed by atoms with E-state index >= 15 is 0 Å². The molecule has 0 aliphatic heterocycles. The van der Waals surface area contributed by atoms with Gasteiger partial charge >= 0.3 is 6.18 Å². The predicted octanol–water partition coefficient (Wildman–Crippen LogP) is 19.3. The molecule has 4 nitrogen and oxygen atoms in total. The Bertz CT molecular complexity index is 4840. The van der Waals surface area contributed by atoms with Crippen LogP contribution in [0.25, 0.3) is 142 Å². The summed E-state index contributed by atoms with van der Waals surface area (Å²) in [6.07, 6.45) is -4.44. The Morgan fingerprint density at radius 1 is 0.355 bits per heavy atom. The van der Waals surface area contributed by atoms with E-state index in [1.807, 2.05) is 12.1 Å². The molecule has 0 bridgehead atoms. The van der Waals surface area contributed by atoms with Crippen molar-refractivity contribution in [1.29, 1.82) is 0 Å². The van der Waals surface area contributed by atoms with Crippen molar-refractivity contribution in [1.82, 2.24) is 19.1 Å². The molecule has 0 atom stereocenters. The molecule has 15 rings (SSSR count). The van der Waals surface area contributed by atoms with Crippen LogP contribution in [0.15, 0.2) is 231 Å². The number of nitrogens with zero attached hydrogens (tertiary/aromatic N) is 4. The van der Waals surface area contributed by atoms with E-state index in [0.717, 1.165) is 148 Å². The summed E-state index contributed by atoms with van der Waals surface area (Å²) < 4.78 is 46.1. The van der Waals surface area contributed by atoms with Gasteiger partial charge in [0, 0.05) is 54.8 Å². The van der Waals surface area contributed by atoms with Crippen molar-refractivity contribution >= 4 is 98.6 Å². The third-order valence-corrected chi connectivity index (χ3v) is 16.4. The quantitative estimate of drug-likeness (QED) is 0.156. The Labute approximate surface area is 437 Å². The van der Waals surface area contributed by atoms with Crippen LogP contribution in [-0.2, 0) is 6.18 Å². The summed E-state index contributed by atoms with van der Waals surface area (Å²) >= 11 is 1.74. The van der Waals surface area contributed by atoms with E-state index in [9.17, 15) is 13.2 Å². The zero-order chi connectivity index (χ0) is 50.8. The molecule has 0 N–H and O–H groups in total. The Hall–Kier alpha value is -9.37. The molecule has 360 valence electrons. The van der Waals surface area contributed by atoms with Crippen LogP contribution >= 0.6 is 11.3 Å². The van der Waals surface area contributed by atoms with Crippen molar-refractivity contribution in [3.63, 3.8) is 0 Å². The average Bonchev–Trinajstić information content (AvgIpc) is 4.29. The fourth-order valence-corrected chi connectivity index (χ4v) is 13.0. The van der Waals surface area contributed by atoms with Crippen LogP contribution in [0.2, 0.25) is 0 Å². The van der Waals surface area contributed by atoms with Gasteiger partial charge in [-0.3, -0.25) is 0 Å². The Balaban J connectivity index is 1.07. The highest BCUT2D eigenvalue weighted by molar-refractivity contribution is 7.21. The third-order valence-electron chi connectivity index (χ3n) is 15.2. The summed E-state index contributed by atoms with van der Waals surface area (Å²) in [7, 11) is 0. The van der Waals surface area contributed by atoms with Crippen molar-refractivity contribution in [2.45, 2.75) is 13.1 Å². The van der Waals surface area contributed by atoms with Gasteiger partial charge in [-0.25, -0.2) is 9.97 Å². The molecule has 11 aromatic carbocycles. The number of hydrogen-bond acceptors (Lipinski definition) is 3. The van der Waals surface area contributed by atoms with Crippen LogP contribution in [-0.4, -0.2) is 19.1 Å². The van der Waals surface area contributed by atoms with Crippen molar-refractivity contribution in [2.24, 2.45) is 0 Å². The van der Waals surface area contributed by atoms with Gasteiger partial charge < -0.3 is 9.13 Å². The van der Waals surface area contributed by atoms with Gasteiger partial charge in [0.25, 0.3) is 0 Å². The normalized spacial score (nSPS) is 12.2. The van der Waals surface area contributed by atoms with Gasteiger partial charge in [0.1, 0.15) is 11.0 Å². The van der Waals surface area contributed by atoms with E-state index in [2.05, 4.69) is 210 Å². The molecular formula is C68H41F3N4S. The molecule has 76 heavy (non-hydrogen) atoms. The van der Waals surface area contributed by atoms with Crippen molar-refractivity contribution in [2.75, 3.05) is 0 Å². The van der Waals surface area contributed by atoms with Crippen molar-refractivity contribution in [3.05, 3.63) is 242 Å². The number of hydrogen-bond donors (Lipinski definition) is 0. The lowest BCUT2D eigenvalue weighted by atomic mass is 9.92. The fourth-order valence-electron chi connectivity index (χ4n) is 11.7. The topological polar surface area (TPSA) is 35.6 Å². The maximum atomic E-state index is 13.8. The van der Waals surface area contributed by atoms with Crippen LogP contribution in [0.4, 0.5) is 13.2 Å². The van der Waals surface area contributed by atoms with Crippen LogP contribution < -0.4 is 0 Å². The van der Waals surface area contributed by atoms with Gasteiger partial charge in [0.2, 0.25) is 0 Å². The summed E-state index contributed by atoms with van der Waals surface area (Å²) in [6.45, 7) is 2.08. The number of rotatable bonds is 6. The first-order valence-corrected chi connectivity index (χ1v) is 26.1. The molecule has 0 radical (unpaired) electrons. The largest absolute Gasteiger partial charge is 0.416 e. The smallest absolute Gasteiger partial charge is 0.309 e. The molecular weight excluding hydrogens is 962 g/mol. The lowest BCUT2D eigenvalue weighted by Gasteiger charge is -2.14. The molecule has 0 saturated heterocycles. The lowest BCUT2D eigenvalue weighted by molar-refractivity contribution is -0.137. The number of aryl methyl sites for hydroxylation is 1. The molecule has 0 amide bonds. The van der Waals surface area contributed by atoms with E-state index in [1.54, 1.807) is 23.5 Å². The number of thiophene rings is 1. The van der Waals surface area contributed by atoms with Crippen LogP contribution in [0.5, 0.6) is 0 Å². The van der Waals surface area contributed by atoms with Gasteiger partial charge in [-0.15, -0.1) is 11.3 Å². The third kappa shape index (κ3) is 6.77. The lowest BCUT2D eigenvalue weighted by Crippen LogP contribution is -2.03. The molecule has 0 spiro atoms. The van der Waals surface area contributed by atoms with Gasteiger partial charge in [-0.1, -0.05) is 163 Å². The molecule has 0 fully saturated rings. The van der Waals surface area contributed by atoms with Gasteiger partial charge in [0.15, 0.2) is 0 Å². The minimum atomic E-state index is -4.44. The van der Waals surface area contributed by atoms with E-state index in [1.165, 1.54) is 5.56 Å². The molecule has 0 unspecified atom stereocenters. The minimum Gasteiger partial charge on any atom is -0.309 e. The molecule has 0 aliphatic carbocycles. The van der Waals surface area contributed by atoms with E-state index < -0.39 is 11.7 Å². The summed E-state index contributed by atoms with van der Waals surface area (Å²) in [6, 6.07) is 78.2.